The summed E-state index contributed by atoms with van der Waals surface area (Å²) in [6.45, 7) is -0.150. The van der Waals surface area contributed by atoms with Crippen LogP contribution in [0.4, 0.5) is 4.79 Å². The van der Waals surface area contributed by atoms with Crippen LogP contribution in [0.2, 0.25) is 0 Å². The zero-order valence-electron chi connectivity index (χ0n) is 14.7. The van der Waals surface area contributed by atoms with Crippen LogP contribution >= 0.6 is 31.9 Å². The van der Waals surface area contributed by atoms with E-state index in [4.69, 9.17) is 9.47 Å². The van der Waals surface area contributed by atoms with Crippen molar-refractivity contribution in [3.05, 3.63) is 22.2 Å². The molecular weight excluding hydrogens is 504 g/mol. The van der Waals surface area contributed by atoms with E-state index in [1.165, 1.54) is 11.9 Å². The van der Waals surface area contributed by atoms with Gasteiger partial charge in [0.2, 0.25) is 12.7 Å². The van der Waals surface area contributed by atoms with Crippen LogP contribution in [0.15, 0.2) is 16.6 Å². The third-order valence-electron chi connectivity index (χ3n) is 5.51. The zero-order chi connectivity index (χ0) is 20.3. The lowest BCUT2D eigenvalue weighted by Gasteiger charge is -2.47. The zero-order valence-corrected chi connectivity index (χ0v) is 17.8. The van der Waals surface area contributed by atoms with Gasteiger partial charge in [0.1, 0.15) is 18.8 Å². The Morgan fingerprint density at radius 1 is 1.07 bits per heavy atom. The number of imide groups is 1. The summed E-state index contributed by atoms with van der Waals surface area (Å²) in [6, 6.07) is 1.89. The van der Waals surface area contributed by atoms with Crippen molar-refractivity contribution in [3.63, 3.8) is 0 Å². The average molecular weight is 522 g/mol. The van der Waals surface area contributed by atoms with Crippen molar-refractivity contribution in [1.82, 2.24) is 9.80 Å². The van der Waals surface area contributed by atoms with E-state index in [1.54, 1.807) is 12.1 Å². The second kappa shape index (κ2) is 7.13. The van der Waals surface area contributed by atoms with Crippen molar-refractivity contribution < 1.29 is 34.4 Å². The van der Waals surface area contributed by atoms with Crippen molar-refractivity contribution in [2.75, 3.05) is 20.4 Å². The highest BCUT2D eigenvalue weighted by Crippen LogP contribution is 2.47. The molecule has 0 aromatic heterocycles. The van der Waals surface area contributed by atoms with E-state index in [0.29, 0.717) is 21.5 Å². The van der Waals surface area contributed by atoms with Crippen LogP contribution < -0.4 is 9.47 Å². The number of halogens is 2. The number of likely N-dealkylation sites (N-methyl/N-ethyl adjacent to an activating group) is 1. The van der Waals surface area contributed by atoms with Crippen LogP contribution in [0.25, 0.3) is 0 Å². The molecule has 1 aliphatic carbocycles. The summed E-state index contributed by atoms with van der Waals surface area (Å²) in [5, 5.41) is 31.6. The first-order valence-corrected chi connectivity index (χ1v) is 10.3. The minimum absolute atomic E-state index is 0.0743. The maximum absolute atomic E-state index is 12.6. The molecule has 1 aromatic rings. The number of hydrogen-bond acceptors (Lipinski definition) is 7. The van der Waals surface area contributed by atoms with Gasteiger partial charge in [-0.05, 0) is 17.7 Å². The fraction of sp³-hybridized carbons (Fsp3) is 0.529. The van der Waals surface area contributed by atoms with Gasteiger partial charge in [0, 0.05) is 17.4 Å². The lowest BCUT2D eigenvalue weighted by molar-refractivity contribution is -0.127. The predicted octanol–water partition coefficient (Wildman–Crippen LogP) is 0.384. The third kappa shape index (κ3) is 2.91. The van der Waals surface area contributed by atoms with E-state index in [-0.39, 0.29) is 13.3 Å². The molecule has 4 rings (SSSR count). The molecule has 0 radical (unpaired) electrons. The highest BCUT2D eigenvalue weighted by atomic mass is 79.9. The standard InChI is InChI=1S/C17H18Br2N2O7/c1-20-10(22)4-21(17(20)26)13-11(12(19)14(23)16(25)15(13)24)6-2-8-9(3-7(6)18)28-5-27-8/h2-3,11-16,23-25H,4-5H2,1H3/t11-,12+,13+,14-,15-,16+/m0/s1. The van der Waals surface area contributed by atoms with E-state index in [2.05, 4.69) is 31.9 Å². The molecule has 0 spiro atoms. The number of ether oxygens (including phenoxy) is 2. The lowest BCUT2D eigenvalue weighted by atomic mass is 9.74. The van der Waals surface area contributed by atoms with Crippen LogP contribution in [0, 0.1) is 0 Å². The van der Waals surface area contributed by atoms with Crippen LogP contribution in [-0.2, 0) is 4.79 Å². The average Bonchev–Trinajstić information content (AvgIpc) is 3.21. The van der Waals surface area contributed by atoms with E-state index in [0.717, 1.165) is 4.90 Å². The Morgan fingerprint density at radius 2 is 1.71 bits per heavy atom. The van der Waals surface area contributed by atoms with Gasteiger partial charge in [-0.2, -0.15) is 0 Å². The largest absolute Gasteiger partial charge is 0.454 e. The number of amides is 3. The number of fused-ring (bicyclic) bond motifs is 1. The molecule has 3 amide bonds. The van der Waals surface area contributed by atoms with E-state index >= 15 is 0 Å². The fourth-order valence-electron chi connectivity index (χ4n) is 3.98. The molecule has 0 unspecified atom stereocenters. The van der Waals surface area contributed by atoms with E-state index in [1.807, 2.05) is 0 Å². The number of aliphatic hydroxyl groups excluding tert-OH is 3. The van der Waals surface area contributed by atoms with Crippen LogP contribution in [0.3, 0.4) is 0 Å². The summed E-state index contributed by atoms with van der Waals surface area (Å²) < 4.78 is 11.4. The van der Waals surface area contributed by atoms with Crippen molar-refractivity contribution in [1.29, 1.82) is 0 Å². The summed E-state index contributed by atoms with van der Waals surface area (Å²) in [4.78, 5) is 26.2. The maximum Gasteiger partial charge on any atom is 0.327 e. The maximum atomic E-state index is 12.6. The highest BCUT2D eigenvalue weighted by molar-refractivity contribution is 9.10. The van der Waals surface area contributed by atoms with E-state index < -0.39 is 47.0 Å². The number of carbonyl (C=O) groups is 2. The normalized spacial score (nSPS) is 35.1. The number of carbonyl (C=O) groups excluding carboxylic acids is 2. The number of hydrogen-bond donors (Lipinski definition) is 3. The Kier molecular flexibility index (Phi) is 5.07. The molecule has 2 heterocycles. The van der Waals surface area contributed by atoms with Gasteiger partial charge < -0.3 is 29.7 Å². The fourth-order valence-corrected chi connectivity index (χ4v) is 5.48. The number of rotatable bonds is 2. The minimum Gasteiger partial charge on any atom is -0.454 e. The summed E-state index contributed by atoms with van der Waals surface area (Å²) in [5.41, 5.74) is 0.635. The van der Waals surface area contributed by atoms with Crippen LogP contribution in [0.5, 0.6) is 11.5 Å². The monoisotopic (exact) mass is 520 g/mol. The second-order valence-corrected chi connectivity index (χ2v) is 8.93. The molecular formula is C17H18Br2N2O7. The summed E-state index contributed by atoms with van der Waals surface area (Å²) in [6.07, 6.45) is -4.25. The molecule has 2 aliphatic heterocycles. The molecule has 3 aliphatic rings. The number of urea groups is 1. The Hall–Kier alpha value is -1.40. The van der Waals surface area contributed by atoms with Gasteiger partial charge in [0.25, 0.3) is 0 Å². The predicted molar refractivity (Wildman–Crippen MR) is 102 cm³/mol. The van der Waals surface area contributed by atoms with E-state index in [9.17, 15) is 24.9 Å². The molecule has 2 fully saturated rings. The quantitative estimate of drug-likeness (QED) is 0.380. The molecule has 6 atom stereocenters. The SMILES string of the molecule is CN1C(=O)CN([C@H]2[C@H](O)[C@H](O)[C@@H](O)[C@H](Br)[C@@H]2c2cc3c(cc2Br)OCO3)C1=O. The Morgan fingerprint density at radius 3 is 2.32 bits per heavy atom. The number of alkyl halides is 1. The third-order valence-corrected chi connectivity index (χ3v) is 7.31. The van der Waals surface area contributed by atoms with Crippen molar-refractivity contribution in [2.45, 2.75) is 35.1 Å². The van der Waals surface area contributed by atoms with Gasteiger partial charge in [-0.25, -0.2) is 4.79 Å². The molecule has 3 N–H and O–H groups in total. The van der Waals surface area contributed by atoms with Gasteiger partial charge in [-0.3, -0.25) is 9.69 Å². The number of aliphatic hydroxyl groups is 3. The first-order chi connectivity index (χ1) is 13.2. The topological polar surface area (TPSA) is 120 Å². The molecule has 1 saturated heterocycles. The minimum atomic E-state index is -1.49. The number of nitrogens with zero attached hydrogens (tertiary/aromatic N) is 2. The van der Waals surface area contributed by atoms with Gasteiger partial charge in [0.15, 0.2) is 11.5 Å². The molecule has 28 heavy (non-hydrogen) atoms. The summed E-state index contributed by atoms with van der Waals surface area (Å²) in [7, 11) is 1.36. The molecule has 1 saturated carbocycles. The van der Waals surface area contributed by atoms with Crippen molar-refractivity contribution in [3.8, 4) is 11.5 Å². The Labute approximate surface area is 177 Å². The van der Waals surface area contributed by atoms with Gasteiger partial charge in [-0.1, -0.05) is 31.9 Å². The Bertz CT molecular complexity index is 838. The van der Waals surface area contributed by atoms with Gasteiger partial charge in [0.05, 0.1) is 17.0 Å². The smallest absolute Gasteiger partial charge is 0.327 e. The molecule has 152 valence electrons. The Balaban J connectivity index is 1.82. The molecule has 1 aromatic carbocycles. The van der Waals surface area contributed by atoms with Crippen LogP contribution in [0.1, 0.15) is 11.5 Å². The number of benzene rings is 1. The van der Waals surface area contributed by atoms with Gasteiger partial charge in [-0.15, -0.1) is 0 Å². The van der Waals surface area contributed by atoms with Crippen LogP contribution in [-0.4, -0.2) is 86.6 Å². The molecule has 11 heteroatoms. The van der Waals surface area contributed by atoms with Crippen molar-refractivity contribution >= 4 is 43.8 Å². The summed E-state index contributed by atoms with van der Waals surface area (Å²) >= 11 is 6.91. The molecule has 9 nitrogen and oxygen atoms in total. The van der Waals surface area contributed by atoms with Crippen molar-refractivity contribution in [2.24, 2.45) is 0 Å². The summed E-state index contributed by atoms with van der Waals surface area (Å²) in [5.74, 6) is -0.0249. The second-order valence-electron chi connectivity index (χ2n) is 7.02. The highest BCUT2D eigenvalue weighted by Gasteiger charge is 2.55. The molecule has 0 bridgehead atoms. The first-order valence-electron chi connectivity index (χ1n) is 8.57. The van der Waals surface area contributed by atoms with Gasteiger partial charge >= 0.3 is 6.03 Å². The lowest BCUT2D eigenvalue weighted by Crippen LogP contribution is -2.63. The first kappa shape index (κ1) is 19.9.